The maximum atomic E-state index is 12.9. The van der Waals surface area contributed by atoms with Crippen LogP contribution in [0.25, 0.3) is 17.2 Å². The highest BCUT2D eigenvalue weighted by Gasteiger charge is 2.04. The van der Waals surface area contributed by atoms with Crippen LogP contribution in [0.4, 0.5) is 4.39 Å². The van der Waals surface area contributed by atoms with Crippen molar-refractivity contribution in [2.75, 3.05) is 0 Å². The Morgan fingerprint density at radius 1 is 0.913 bits per heavy atom. The molecule has 3 aromatic rings. The van der Waals surface area contributed by atoms with Crippen molar-refractivity contribution in [2.45, 2.75) is 0 Å². The molecule has 0 aliphatic carbocycles. The first-order chi connectivity index (χ1) is 11.2. The summed E-state index contributed by atoms with van der Waals surface area (Å²) in [5.74, 6) is -0.385. The van der Waals surface area contributed by atoms with Crippen LogP contribution in [0.5, 0.6) is 0 Å². The van der Waals surface area contributed by atoms with Crippen LogP contribution < -0.4 is 0 Å². The fraction of sp³-hybridized carbons (Fsp3) is 0. The van der Waals surface area contributed by atoms with Crippen LogP contribution in [0.1, 0.15) is 15.9 Å². The number of allylic oxidation sites excluding steroid dienone is 1. The molecule has 0 saturated carbocycles. The van der Waals surface area contributed by atoms with Crippen LogP contribution in [0.2, 0.25) is 0 Å². The molecule has 1 heterocycles. The van der Waals surface area contributed by atoms with E-state index >= 15 is 0 Å². The van der Waals surface area contributed by atoms with Gasteiger partial charge >= 0.3 is 0 Å². The minimum absolute atomic E-state index is 0.0924. The van der Waals surface area contributed by atoms with E-state index in [1.54, 1.807) is 36.7 Å². The van der Waals surface area contributed by atoms with Gasteiger partial charge in [0.25, 0.3) is 0 Å². The average Bonchev–Trinajstić information content (AvgIpc) is 2.62. The van der Waals surface area contributed by atoms with Crippen LogP contribution in [0, 0.1) is 5.82 Å². The standard InChI is InChI=1S/C20H14FNO/c21-19-7-4-15(5-8-19)6-9-20(23)18-3-1-2-17(14-18)16-10-12-22-13-11-16/h1-14H/b9-6+. The minimum Gasteiger partial charge on any atom is -0.289 e. The van der Waals surface area contributed by atoms with Gasteiger partial charge in [-0.25, -0.2) is 4.39 Å². The fourth-order valence-corrected chi connectivity index (χ4v) is 2.24. The molecular weight excluding hydrogens is 289 g/mol. The molecule has 0 bridgehead atoms. The van der Waals surface area contributed by atoms with Gasteiger partial charge < -0.3 is 0 Å². The van der Waals surface area contributed by atoms with Gasteiger partial charge in [-0.3, -0.25) is 9.78 Å². The topological polar surface area (TPSA) is 30.0 Å². The SMILES string of the molecule is O=C(/C=C/c1ccc(F)cc1)c1cccc(-c2ccncc2)c1. The molecular formula is C20H14FNO. The lowest BCUT2D eigenvalue weighted by molar-refractivity contribution is 0.104. The third kappa shape index (κ3) is 3.77. The van der Waals surface area contributed by atoms with Gasteiger partial charge in [0.15, 0.2) is 5.78 Å². The molecule has 2 nitrogen and oxygen atoms in total. The molecule has 112 valence electrons. The predicted octanol–water partition coefficient (Wildman–Crippen LogP) is 4.78. The molecule has 0 unspecified atom stereocenters. The molecule has 0 atom stereocenters. The van der Waals surface area contributed by atoms with Crippen LogP contribution in [0.15, 0.2) is 79.1 Å². The smallest absolute Gasteiger partial charge is 0.185 e. The van der Waals surface area contributed by atoms with Crippen molar-refractivity contribution in [3.8, 4) is 11.1 Å². The number of aromatic nitrogens is 1. The third-order valence-corrected chi connectivity index (χ3v) is 3.46. The first kappa shape index (κ1) is 14.9. The number of ketones is 1. The molecule has 0 saturated heterocycles. The summed E-state index contributed by atoms with van der Waals surface area (Å²) in [5, 5.41) is 0. The highest BCUT2D eigenvalue weighted by Crippen LogP contribution is 2.20. The van der Waals surface area contributed by atoms with Crippen LogP contribution >= 0.6 is 0 Å². The Kier molecular flexibility index (Phi) is 4.39. The van der Waals surface area contributed by atoms with Crippen molar-refractivity contribution in [3.63, 3.8) is 0 Å². The number of benzene rings is 2. The van der Waals surface area contributed by atoms with Crippen molar-refractivity contribution >= 4 is 11.9 Å². The van der Waals surface area contributed by atoms with E-state index < -0.39 is 0 Å². The maximum Gasteiger partial charge on any atom is 0.185 e. The summed E-state index contributed by atoms with van der Waals surface area (Å²) in [5.41, 5.74) is 3.37. The normalized spacial score (nSPS) is 10.8. The van der Waals surface area contributed by atoms with Crippen molar-refractivity contribution in [2.24, 2.45) is 0 Å². The second-order valence-electron chi connectivity index (χ2n) is 5.07. The summed E-state index contributed by atoms with van der Waals surface area (Å²) < 4.78 is 12.9. The Labute approximate surface area is 133 Å². The van der Waals surface area contributed by atoms with Gasteiger partial charge in [0.2, 0.25) is 0 Å². The second kappa shape index (κ2) is 6.79. The first-order valence-corrected chi connectivity index (χ1v) is 7.21. The average molecular weight is 303 g/mol. The Bertz CT molecular complexity index is 839. The largest absolute Gasteiger partial charge is 0.289 e. The quantitative estimate of drug-likeness (QED) is 0.512. The molecule has 0 N–H and O–H groups in total. The number of halogens is 1. The van der Waals surface area contributed by atoms with Gasteiger partial charge in [0.1, 0.15) is 5.82 Å². The number of hydrogen-bond acceptors (Lipinski definition) is 2. The summed E-state index contributed by atoms with van der Waals surface area (Å²) in [6.45, 7) is 0. The molecule has 0 amide bonds. The van der Waals surface area contributed by atoms with Crippen molar-refractivity contribution < 1.29 is 9.18 Å². The molecule has 23 heavy (non-hydrogen) atoms. The summed E-state index contributed by atoms with van der Waals surface area (Å²) in [6, 6.07) is 17.2. The van der Waals surface area contributed by atoms with Crippen LogP contribution in [-0.2, 0) is 0 Å². The van der Waals surface area contributed by atoms with Crippen LogP contribution in [0.3, 0.4) is 0 Å². The van der Waals surface area contributed by atoms with Gasteiger partial charge in [0, 0.05) is 18.0 Å². The molecule has 2 aromatic carbocycles. The zero-order valence-corrected chi connectivity index (χ0v) is 12.3. The fourth-order valence-electron chi connectivity index (χ4n) is 2.24. The number of hydrogen-bond donors (Lipinski definition) is 0. The molecule has 0 fully saturated rings. The summed E-state index contributed by atoms with van der Waals surface area (Å²) in [6.07, 6.45) is 6.62. The van der Waals surface area contributed by atoms with E-state index in [1.807, 2.05) is 30.3 Å². The molecule has 0 radical (unpaired) electrons. The zero-order chi connectivity index (χ0) is 16.1. The molecule has 3 rings (SSSR count). The number of carbonyl (C=O) groups is 1. The maximum absolute atomic E-state index is 12.9. The number of rotatable bonds is 4. The number of pyridine rings is 1. The molecule has 1 aromatic heterocycles. The second-order valence-corrected chi connectivity index (χ2v) is 5.07. The van der Waals surface area contributed by atoms with Gasteiger partial charge in [-0.2, -0.15) is 0 Å². The van der Waals surface area contributed by atoms with E-state index in [1.165, 1.54) is 18.2 Å². The number of carbonyl (C=O) groups excluding carboxylic acids is 1. The van der Waals surface area contributed by atoms with Crippen molar-refractivity contribution in [3.05, 3.63) is 96.1 Å². The van der Waals surface area contributed by atoms with Gasteiger partial charge in [-0.05, 0) is 53.1 Å². The molecule has 3 heteroatoms. The molecule has 0 spiro atoms. The number of nitrogens with zero attached hydrogens (tertiary/aromatic N) is 1. The van der Waals surface area contributed by atoms with Crippen molar-refractivity contribution in [1.29, 1.82) is 0 Å². The predicted molar refractivity (Wildman–Crippen MR) is 89.4 cm³/mol. The Morgan fingerprint density at radius 3 is 2.39 bits per heavy atom. The third-order valence-electron chi connectivity index (χ3n) is 3.46. The van der Waals surface area contributed by atoms with Gasteiger partial charge in [0.05, 0.1) is 0 Å². The molecule has 0 aliphatic rings. The summed E-state index contributed by atoms with van der Waals surface area (Å²) >= 11 is 0. The lowest BCUT2D eigenvalue weighted by atomic mass is 10.0. The Hall–Kier alpha value is -3.07. The lowest BCUT2D eigenvalue weighted by Gasteiger charge is -2.03. The highest BCUT2D eigenvalue weighted by molar-refractivity contribution is 6.07. The summed E-state index contributed by atoms with van der Waals surface area (Å²) in [7, 11) is 0. The van der Waals surface area contributed by atoms with E-state index in [0.29, 0.717) is 5.56 Å². The van der Waals surface area contributed by atoms with E-state index in [4.69, 9.17) is 0 Å². The summed E-state index contributed by atoms with van der Waals surface area (Å²) in [4.78, 5) is 16.3. The van der Waals surface area contributed by atoms with Gasteiger partial charge in [-0.15, -0.1) is 0 Å². The Balaban J connectivity index is 1.81. The first-order valence-electron chi connectivity index (χ1n) is 7.21. The Morgan fingerprint density at radius 2 is 1.65 bits per heavy atom. The van der Waals surface area contributed by atoms with Crippen LogP contribution in [-0.4, -0.2) is 10.8 Å². The van der Waals surface area contributed by atoms with E-state index in [2.05, 4.69) is 4.98 Å². The van der Waals surface area contributed by atoms with Crippen molar-refractivity contribution in [1.82, 2.24) is 4.98 Å². The minimum atomic E-state index is -0.293. The van der Waals surface area contributed by atoms with E-state index in [-0.39, 0.29) is 11.6 Å². The molecule has 0 aliphatic heterocycles. The van der Waals surface area contributed by atoms with E-state index in [9.17, 15) is 9.18 Å². The highest BCUT2D eigenvalue weighted by atomic mass is 19.1. The van der Waals surface area contributed by atoms with Gasteiger partial charge in [-0.1, -0.05) is 36.4 Å². The van der Waals surface area contributed by atoms with E-state index in [0.717, 1.165) is 16.7 Å². The zero-order valence-electron chi connectivity index (χ0n) is 12.3. The lowest BCUT2D eigenvalue weighted by Crippen LogP contribution is -1.94. The monoisotopic (exact) mass is 303 g/mol.